The molecule has 7 nitrogen and oxygen atoms in total. The van der Waals surface area contributed by atoms with Crippen LogP contribution < -0.4 is 19.9 Å². The van der Waals surface area contributed by atoms with E-state index in [0.29, 0.717) is 24.7 Å². The van der Waals surface area contributed by atoms with Crippen molar-refractivity contribution in [3.8, 4) is 5.75 Å². The Morgan fingerprint density at radius 2 is 1.89 bits per heavy atom. The summed E-state index contributed by atoms with van der Waals surface area (Å²) in [4.78, 5) is 20.3. The second-order valence-electron chi connectivity index (χ2n) is 9.33. The predicted octanol–water partition coefficient (Wildman–Crippen LogP) is 4.68. The number of benzene rings is 1. The molecule has 1 unspecified atom stereocenters. The van der Waals surface area contributed by atoms with Gasteiger partial charge in [-0.1, -0.05) is 0 Å². The number of ether oxygens (including phenoxy) is 1. The highest BCUT2D eigenvalue weighted by Gasteiger charge is 2.59. The van der Waals surface area contributed by atoms with Crippen LogP contribution in [0.15, 0.2) is 36.5 Å². The first-order valence-corrected chi connectivity index (χ1v) is 12.4. The fraction of sp³-hybridized carbons (Fsp3) is 0.440. The van der Waals surface area contributed by atoms with Crippen LogP contribution in [0.25, 0.3) is 0 Å². The number of hydrogen-bond acceptors (Lipinski definition) is 6. The molecular formula is C25H26F3N5O2S. The number of aromatic nitrogens is 1. The molecule has 1 aromatic heterocycles. The lowest BCUT2D eigenvalue weighted by molar-refractivity contribution is -0.138. The fourth-order valence-electron chi connectivity index (χ4n) is 5.11. The van der Waals surface area contributed by atoms with E-state index >= 15 is 0 Å². The van der Waals surface area contributed by atoms with E-state index in [2.05, 4.69) is 10.3 Å². The number of pyridine rings is 1. The van der Waals surface area contributed by atoms with Gasteiger partial charge in [-0.05, 0) is 94.2 Å². The van der Waals surface area contributed by atoms with E-state index in [0.717, 1.165) is 61.7 Å². The van der Waals surface area contributed by atoms with Crippen LogP contribution in [0, 0.1) is 5.41 Å². The van der Waals surface area contributed by atoms with Gasteiger partial charge in [0.25, 0.3) is 5.91 Å². The highest BCUT2D eigenvalue weighted by Crippen LogP contribution is 2.48. The van der Waals surface area contributed by atoms with Crippen molar-refractivity contribution >= 4 is 40.8 Å². The molecule has 2 aromatic rings. The maximum absolute atomic E-state index is 13.6. The van der Waals surface area contributed by atoms with Crippen molar-refractivity contribution in [1.29, 1.82) is 5.41 Å². The van der Waals surface area contributed by atoms with Gasteiger partial charge in [-0.2, -0.15) is 13.2 Å². The molecule has 2 saturated heterocycles. The summed E-state index contributed by atoms with van der Waals surface area (Å²) in [5.41, 5.74) is -1.89. The molecule has 2 aliphatic heterocycles. The lowest BCUT2D eigenvalue weighted by atomic mass is 9.75. The molecule has 3 aliphatic rings. The molecule has 0 radical (unpaired) electrons. The zero-order chi connectivity index (χ0) is 25.5. The van der Waals surface area contributed by atoms with Gasteiger partial charge in [0.2, 0.25) is 0 Å². The van der Waals surface area contributed by atoms with Gasteiger partial charge < -0.3 is 20.4 Å². The zero-order valence-corrected chi connectivity index (χ0v) is 20.3. The van der Waals surface area contributed by atoms with Crippen molar-refractivity contribution in [2.45, 2.75) is 56.3 Å². The minimum Gasteiger partial charge on any atom is -0.490 e. The van der Waals surface area contributed by atoms with E-state index in [1.807, 2.05) is 24.3 Å². The number of hydrogen-bond donors (Lipinski definition) is 2. The summed E-state index contributed by atoms with van der Waals surface area (Å²) in [7, 11) is 0. The topological polar surface area (TPSA) is 81.6 Å². The highest BCUT2D eigenvalue weighted by molar-refractivity contribution is 7.81. The third kappa shape index (κ3) is 4.24. The number of nitrogens with one attached hydrogen (secondary N) is 2. The molecular weight excluding hydrogens is 491 g/mol. The first-order valence-electron chi connectivity index (χ1n) is 12.0. The van der Waals surface area contributed by atoms with Crippen LogP contribution in [0.2, 0.25) is 0 Å². The predicted molar refractivity (Wildman–Crippen MR) is 134 cm³/mol. The number of carbonyl (C=O) groups is 1. The monoisotopic (exact) mass is 517 g/mol. The van der Waals surface area contributed by atoms with Crippen molar-refractivity contribution in [3.05, 3.63) is 47.8 Å². The number of nitrogens with zero attached hydrogens (tertiary/aromatic N) is 3. The number of amides is 1. The van der Waals surface area contributed by atoms with E-state index in [1.54, 1.807) is 4.90 Å². The van der Waals surface area contributed by atoms with Crippen LogP contribution in [0.5, 0.6) is 5.75 Å². The van der Waals surface area contributed by atoms with Crippen molar-refractivity contribution in [2.24, 2.45) is 0 Å². The Balaban J connectivity index is 1.44. The molecule has 1 amide bonds. The van der Waals surface area contributed by atoms with Gasteiger partial charge in [-0.15, -0.1) is 0 Å². The Bertz CT molecular complexity index is 1180. The van der Waals surface area contributed by atoms with Crippen molar-refractivity contribution in [3.63, 3.8) is 0 Å². The average molecular weight is 518 g/mol. The first-order chi connectivity index (χ1) is 17.2. The highest BCUT2D eigenvalue weighted by atomic mass is 32.1. The van der Waals surface area contributed by atoms with E-state index in [9.17, 15) is 18.0 Å². The lowest BCUT2D eigenvalue weighted by Crippen LogP contribution is -2.55. The molecule has 5 rings (SSSR count). The molecule has 1 atom stereocenters. The van der Waals surface area contributed by atoms with E-state index in [4.69, 9.17) is 22.4 Å². The zero-order valence-electron chi connectivity index (χ0n) is 19.5. The van der Waals surface area contributed by atoms with Gasteiger partial charge >= 0.3 is 6.18 Å². The third-order valence-electron chi connectivity index (χ3n) is 7.12. The number of rotatable bonds is 5. The molecule has 1 aromatic carbocycles. The van der Waals surface area contributed by atoms with Crippen LogP contribution in [0.1, 0.15) is 49.8 Å². The summed E-state index contributed by atoms with van der Waals surface area (Å²) < 4.78 is 46.9. The fourth-order valence-corrected chi connectivity index (χ4v) is 5.58. The minimum absolute atomic E-state index is 0.0568. The smallest absolute Gasteiger partial charge is 0.418 e. The molecule has 2 N–H and O–H groups in total. The van der Waals surface area contributed by atoms with Gasteiger partial charge in [0.1, 0.15) is 11.3 Å². The SMILES string of the molecule is N=Cc1ncc(N2C(=O)C3(CCC3)N(c3ccc(OC4CCCNCC4)cc3)C2=S)cc1C(F)(F)F. The third-order valence-corrected chi connectivity index (χ3v) is 7.48. The Kier molecular flexibility index (Phi) is 6.46. The van der Waals surface area contributed by atoms with Crippen molar-refractivity contribution in [2.75, 3.05) is 22.9 Å². The second-order valence-corrected chi connectivity index (χ2v) is 9.69. The summed E-state index contributed by atoms with van der Waals surface area (Å²) >= 11 is 5.67. The van der Waals surface area contributed by atoms with Crippen LogP contribution in [0.3, 0.4) is 0 Å². The van der Waals surface area contributed by atoms with Crippen molar-refractivity contribution < 1.29 is 22.7 Å². The summed E-state index contributed by atoms with van der Waals surface area (Å²) in [6.07, 6.45) is 1.98. The number of carbonyl (C=O) groups excluding carboxylic acids is 1. The Morgan fingerprint density at radius 1 is 1.14 bits per heavy atom. The Morgan fingerprint density at radius 3 is 2.53 bits per heavy atom. The van der Waals surface area contributed by atoms with E-state index in [-0.39, 0.29) is 22.8 Å². The van der Waals surface area contributed by atoms with Gasteiger partial charge in [0.15, 0.2) is 5.11 Å². The van der Waals surface area contributed by atoms with Gasteiger partial charge in [-0.3, -0.25) is 14.7 Å². The number of anilines is 2. The normalized spacial score (nSPS) is 21.9. The standard InChI is InChI=1S/C25H26F3N5O2S/c26-25(27,28)20-13-17(15-31-21(20)14-29)32-22(34)24(9-2-10-24)33(23(32)36)16-4-6-19(7-5-16)35-18-3-1-11-30-12-8-18/h4-7,13-15,18,29-30H,1-3,8-12H2. The van der Waals surface area contributed by atoms with Crippen LogP contribution >= 0.6 is 12.2 Å². The van der Waals surface area contributed by atoms with Gasteiger partial charge in [0.05, 0.1) is 29.2 Å². The largest absolute Gasteiger partial charge is 0.490 e. The maximum Gasteiger partial charge on any atom is 0.418 e. The molecule has 0 bridgehead atoms. The summed E-state index contributed by atoms with van der Waals surface area (Å²) in [5, 5.41) is 10.7. The number of halogens is 3. The van der Waals surface area contributed by atoms with Crippen molar-refractivity contribution in [1.82, 2.24) is 10.3 Å². The van der Waals surface area contributed by atoms with Gasteiger partial charge in [0, 0.05) is 11.9 Å². The maximum atomic E-state index is 13.6. The summed E-state index contributed by atoms with van der Waals surface area (Å²) in [5.74, 6) is 0.366. The molecule has 1 saturated carbocycles. The first kappa shape index (κ1) is 24.6. The Labute approximate surface area is 212 Å². The molecule has 190 valence electrons. The quantitative estimate of drug-likeness (QED) is 0.443. The molecule has 1 aliphatic carbocycles. The number of thiocarbonyl (C=S) groups is 1. The van der Waals surface area contributed by atoms with Crippen LogP contribution in [-0.2, 0) is 11.0 Å². The Hall–Kier alpha value is -3.05. The average Bonchev–Trinajstić information content (AvgIpc) is 2.96. The minimum atomic E-state index is -4.72. The molecule has 3 fully saturated rings. The molecule has 3 heterocycles. The molecule has 36 heavy (non-hydrogen) atoms. The van der Waals surface area contributed by atoms with Gasteiger partial charge in [-0.25, -0.2) is 0 Å². The summed E-state index contributed by atoms with van der Waals surface area (Å²) in [6.45, 7) is 1.90. The lowest BCUT2D eigenvalue weighted by Gasteiger charge is -2.43. The van der Waals surface area contributed by atoms with Crippen LogP contribution in [0.4, 0.5) is 24.5 Å². The van der Waals surface area contributed by atoms with Crippen LogP contribution in [-0.4, -0.2) is 47.0 Å². The molecule has 11 heteroatoms. The second kappa shape index (κ2) is 9.44. The number of alkyl halides is 3. The van der Waals surface area contributed by atoms with E-state index < -0.39 is 23.0 Å². The molecule has 1 spiro atoms. The van der Waals surface area contributed by atoms with E-state index in [1.165, 1.54) is 0 Å². The summed E-state index contributed by atoms with van der Waals surface area (Å²) in [6, 6.07) is 8.21.